The van der Waals surface area contributed by atoms with Gasteiger partial charge < -0.3 is 10.2 Å². The summed E-state index contributed by atoms with van der Waals surface area (Å²) in [4.78, 5) is 45.6. The number of nitrogens with zero attached hydrogens (tertiary/aromatic N) is 1. The first-order valence-corrected chi connectivity index (χ1v) is 13.7. The number of carbonyl (C=O) groups is 3. The van der Waals surface area contributed by atoms with E-state index < -0.39 is 23.4 Å². The number of carbonyl (C=O) groups excluding carboxylic acids is 3. The fraction of sp³-hybridized carbons (Fsp3) is 0.147. The van der Waals surface area contributed by atoms with Crippen LogP contribution in [0.5, 0.6) is 0 Å². The first-order valence-electron chi connectivity index (χ1n) is 13.3. The summed E-state index contributed by atoms with van der Waals surface area (Å²) in [5, 5.41) is 3.57. The Morgan fingerprint density at radius 1 is 0.850 bits per heavy atom. The van der Waals surface area contributed by atoms with E-state index in [4.69, 9.17) is 11.6 Å². The number of para-hydroxylation sites is 1. The Kier molecular flexibility index (Phi) is 5.55. The summed E-state index contributed by atoms with van der Waals surface area (Å²) in [6.07, 6.45) is 4.00. The van der Waals surface area contributed by atoms with E-state index in [0.717, 1.165) is 22.4 Å². The average Bonchev–Trinajstić information content (AvgIpc) is 3.45. The second-order valence-electron chi connectivity index (χ2n) is 10.7. The molecule has 1 N–H and O–H groups in total. The zero-order valence-electron chi connectivity index (χ0n) is 21.7. The monoisotopic (exact) mass is 544 g/mol. The van der Waals surface area contributed by atoms with Gasteiger partial charge in [0.2, 0.25) is 5.91 Å². The van der Waals surface area contributed by atoms with Crippen molar-refractivity contribution in [1.29, 1.82) is 0 Å². The summed E-state index contributed by atoms with van der Waals surface area (Å²) in [5.74, 6) is -1.74. The number of amides is 1. The molecule has 0 bridgehead atoms. The zero-order chi connectivity index (χ0) is 27.6. The van der Waals surface area contributed by atoms with Crippen LogP contribution in [-0.2, 0) is 10.2 Å². The van der Waals surface area contributed by atoms with Gasteiger partial charge in [-0.3, -0.25) is 14.4 Å². The minimum absolute atomic E-state index is 0.230. The largest absolute Gasteiger partial charge is 0.352 e. The molecule has 4 atom stereocenters. The van der Waals surface area contributed by atoms with Crippen molar-refractivity contribution in [3.63, 3.8) is 0 Å². The van der Waals surface area contributed by atoms with Crippen LogP contribution in [0.3, 0.4) is 0 Å². The number of rotatable bonds is 4. The SMILES string of the molecule is Cc1ccc2c(c1)C=C[C@H]1N2[C@H](C(=O)c2ccc(Cl)cc2)[C@H](C(=O)c2ccccc2)[C@]12C(=O)Nc1ccccc12. The van der Waals surface area contributed by atoms with E-state index in [2.05, 4.69) is 11.4 Å². The second kappa shape index (κ2) is 9.04. The number of Topliss-reactive ketones (excluding diaryl/α,β-unsaturated/α-hetero) is 2. The lowest BCUT2D eigenvalue weighted by Crippen LogP contribution is -2.51. The molecule has 0 unspecified atom stereocenters. The molecule has 5 nitrogen and oxygen atoms in total. The number of anilines is 2. The molecule has 0 aromatic heterocycles. The summed E-state index contributed by atoms with van der Waals surface area (Å²) >= 11 is 6.16. The Hall–Kier alpha value is -4.48. The molecule has 3 aliphatic heterocycles. The summed E-state index contributed by atoms with van der Waals surface area (Å²) in [7, 11) is 0. The summed E-state index contributed by atoms with van der Waals surface area (Å²) < 4.78 is 0. The van der Waals surface area contributed by atoms with E-state index in [0.29, 0.717) is 21.8 Å². The highest BCUT2D eigenvalue weighted by atomic mass is 35.5. The number of hydrogen-bond acceptors (Lipinski definition) is 4. The van der Waals surface area contributed by atoms with E-state index in [1.54, 1.807) is 48.5 Å². The maximum atomic E-state index is 14.7. The molecular weight excluding hydrogens is 520 g/mol. The Morgan fingerprint density at radius 3 is 2.33 bits per heavy atom. The van der Waals surface area contributed by atoms with Crippen LogP contribution >= 0.6 is 11.6 Å². The van der Waals surface area contributed by atoms with E-state index in [1.807, 2.05) is 66.4 Å². The lowest BCUT2D eigenvalue weighted by atomic mass is 9.64. The highest BCUT2D eigenvalue weighted by Gasteiger charge is 2.70. The van der Waals surface area contributed by atoms with Gasteiger partial charge in [-0.25, -0.2) is 0 Å². The van der Waals surface area contributed by atoms with Gasteiger partial charge in [-0.2, -0.15) is 0 Å². The molecule has 0 radical (unpaired) electrons. The van der Waals surface area contributed by atoms with Gasteiger partial charge in [0.1, 0.15) is 11.5 Å². The van der Waals surface area contributed by atoms with Crippen molar-refractivity contribution in [1.82, 2.24) is 0 Å². The van der Waals surface area contributed by atoms with Crippen molar-refractivity contribution in [2.75, 3.05) is 10.2 Å². The van der Waals surface area contributed by atoms with Gasteiger partial charge >= 0.3 is 0 Å². The molecule has 6 heteroatoms. The van der Waals surface area contributed by atoms with Crippen LogP contribution in [0.1, 0.15) is 37.4 Å². The smallest absolute Gasteiger partial charge is 0.238 e. The predicted octanol–water partition coefficient (Wildman–Crippen LogP) is 6.50. The minimum atomic E-state index is -1.32. The lowest BCUT2D eigenvalue weighted by Gasteiger charge is -2.37. The van der Waals surface area contributed by atoms with E-state index >= 15 is 0 Å². The molecule has 0 saturated carbocycles. The molecule has 1 fully saturated rings. The highest BCUT2D eigenvalue weighted by molar-refractivity contribution is 6.30. The van der Waals surface area contributed by atoms with Crippen molar-refractivity contribution in [3.05, 3.63) is 136 Å². The molecule has 1 saturated heterocycles. The minimum Gasteiger partial charge on any atom is -0.352 e. The van der Waals surface area contributed by atoms with Gasteiger partial charge in [-0.15, -0.1) is 0 Å². The average molecular weight is 545 g/mol. The number of ketones is 2. The molecule has 4 aromatic rings. The summed E-state index contributed by atoms with van der Waals surface area (Å²) in [5.41, 5.74) is 3.83. The third-order valence-electron chi connectivity index (χ3n) is 8.53. The molecule has 40 heavy (non-hydrogen) atoms. The standard InChI is InChI=1S/C34H25ClN2O3/c1-20-11-17-27-23(19-20)14-18-28-34(25-9-5-6-10-26(25)36-33(34)40)29(31(38)21-7-3-2-4-8-21)30(37(27)28)32(39)22-12-15-24(35)16-13-22/h2-19,28-30H,1H3,(H,36,40)/t28-,29-,30+,34-/m1/s1. The highest BCUT2D eigenvalue weighted by Crippen LogP contribution is 2.58. The van der Waals surface area contributed by atoms with Gasteiger partial charge in [0, 0.05) is 27.5 Å². The number of hydrogen-bond donors (Lipinski definition) is 1. The molecule has 0 aliphatic carbocycles. The van der Waals surface area contributed by atoms with Gasteiger partial charge in [0.25, 0.3) is 0 Å². The first kappa shape index (κ1) is 24.6. The van der Waals surface area contributed by atoms with Crippen LogP contribution in [0.2, 0.25) is 5.02 Å². The van der Waals surface area contributed by atoms with Gasteiger partial charge in [-0.1, -0.05) is 83.9 Å². The molecule has 7 rings (SSSR count). The van der Waals surface area contributed by atoms with E-state index in [9.17, 15) is 14.4 Å². The van der Waals surface area contributed by atoms with Crippen LogP contribution < -0.4 is 10.2 Å². The van der Waals surface area contributed by atoms with E-state index in [-0.39, 0.29) is 17.5 Å². The zero-order valence-corrected chi connectivity index (χ0v) is 22.4. The molecule has 1 amide bonds. The number of aryl methyl sites for hydroxylation is 1. The number of benzene rings is 4. The quantitative estimate of drug-likeness (QED) is 0.298. The predicted molar refractivity (Wildman–Crippen MR) is 157 cm³/mol. The normalized spacial score (nSPS) is 23.9. The van der Waals surface area contributed by atoms with Crippen LogP contribution in [0.15, 0.2) is 103 Å². The molecular formula is C34H25ClN2O3. The maximum Gasteiger partial charge on any atom is 0.238 e. The topological polar surface area (TPSA) is 66.5 Å². The van der Waals surface area contributed by atoms with E-state index in [1.165, 1.54) is 0 Å². The van der Waals surface area contributed by atoms with Gasteiger partial charge in [0.15, 0.2) is 11.6 Å². The van der Waals surface area contributed by atoms with Crippen molar-refractivity contribution < 1.29 is 14.4 Å². The van der Waals surface area contributed by atoms with Crippen molar-refractivity contribution in [2.45, 2.75) is 24.4 Å². The molecule has 4 aromatic carbocycles. The fourth-order valence-electron chi connectivity index (χ4n) is 6.87. The number of halogens is 1. The molecule has 196 valence electrons. The number of fused-ring (bicyclic) bond motifs is 6. The van der Waals surface area contributed by atoms with Gasteiger partial charge in [0.05, 0.1) is 12.0 Å². The van der Waals surface area contributed by atoms with Crippen LogP contribution in [0.25, 0.3) is 6.08 Å². The van der Waals surface area contributed by atoms with Crippen LogP contribution in [0.4, 0.5) is 11.4 Å². The van der Waals surface area contributed by atoms with Crippen molar-refractivity contribution in [2.24, 2.45) is 5.92 Å². The van der Waals surface area contributed by atoms with Crippen molar-refractivity contribution >= 4 is 46.5 Å². The van der Waals surface area contributed by atoms with Crippen molar-refractivity contribution in [3.8, 4) is 0 Å². The summed E-state index contributed by atoms with van der Waals surface area (Å²) in [6, 6.07) is 27.7. The lowest BCUT2D eigenvalue weighted by molar-refractivity contribution is -0.121. The molecule has 3 aliphatic rings. The number of nitrogens with one attached hydrogen (secondary N) is 1. The Bertz CT molecular complexity index is 1730. The van der Waals surface area contributed by atoms with Crippen LogP contribution in [-0.4, -0.2) is 29.6 Å². The van der Waals surface area contributed by atoms with Gasteiger partial charge in [-0.05, 0) is 60.5 Å². The Labute approximate surface area is 237 Å². The molecule has 1 spiro atoms. The maximum absolute atomic E-state index is 14.7. The summed E-state index contributed by atoms with van der Waals surface area (Å²) in [6.45, 7) is 2.02. The van der Waals surface area contributed by atoms with Crippen LogP contribution in [0, 0.1) is 12.8 Å². The second-order valence-corrected chi connectivity index (χ2v) is 11.1. The third-order valence-corrected chi connectivity index (χ3v) is 8.78. The fourth-order valence-corrected chi connectivity index (χ4v) is 6.99. The Morgan fingerprint density at radius 2 is 1.55 bits per heavy atom. The first-order chi connectivity index (χ1) is 19.4. The molecule has 3 heterocycles. The third kappa shape index (κ3) is 3.37. The Balaban J connectivity index is 1.54.